The van der Waals surface area contributed by atoms with E-state index in [-0.39, 0.29) is 5.75 Å². The molecule has 13 heavy (non-hydrogen) atoms. The lowest BCUT2D eigenvalue weighted by Crippen LogP contribution is -1.89. The van der Waals surface area contributed by atoms with Crippen LogP contribution in [-0.4, -0.2) is 10.1 Å². The van der Waals surface area contributed by atoms with Crippen LogP contribution < -0.4 is 5.73 Å². The van der Waals surface area contributed by atoms with E-state index in [1.165, 1.54) is 6.07 Å². The molecule has 0 radical (unpaired) electrons. The van der Waals surface area contributed by atoms with Crippen molar-refractivity contribution in [1.29, 1.82) is 0 Å². The molecule has 66 valence electrons. The van der Waals surface area contributed by atoms with Crippen molar-refractivity contribution in [2.75, 3.05) is 5.73 Å². The van der Waals surface area contributed by atoms with Gasteiger partial charge >= 0.3 is 0 Å². The number of phenols is 1. The number of aromatic hydroxyl groups is 1. The number of nitrogens with two attached hydrogens (primary N) is 1. The van der Waals surface area contributed by atoms with Crippen LogP contribution in [0.25, 0.3) is 10.9 Å². The minimum atomic E-state index is 0.154. The Kier molecular flexibility index (Phi) is 1.74. The molecule has 0 amide bonds. The van der Waals surface area contributed by atoms with Gasteiger partial charge in [-0.05, 0) is 18.2 Å². The van der Waals surface area contributed by atoms with Crippen LogP contribution >= 0.6 is 11.6 Å². The number of nitrogens with zero attached hydrogens (tertiary/aromatic N) is 1. The second-order valence-electron chi connectivity index (χ2n) is 2.74. The highest BCUT2D eigenvalue weighted by molar-refractivity contribution is 6.30. The van der Waals surface area contributed by atoms with Gasteiger partial charge in [-0.2, -0.15) is 0 Å². The van der Waals surface area contributed by atoms with Crippen molar-refractivity contribution in [3.63, 3.8) is 0 Å². The molecule has 0 bridgehead atoms. The molecular weight excluding hydrogens is 188 g/mol. The number of nitrogen functional groups attached to an aromatic ring is 1. The lowest BCUT2D eigenvalue weighted by Gasteiger charge is -2.02. The number of fused-ring (bicyclic) bond motifs is 1. The number of hydrogen-bond acceptors (Lipinski definition) is 3. The number of anilines is 1. The predicted octanol–water partition coefficient (Wildman–Crippen LogP) is 2.18. The second-order valence-corrected chi connectivity index (χ2v) is 3.12. The first-order valence-corrected chi connectivity index (χ1v) is 4.09. The van der Waals surface area contributed by atoms with Crippen LogP contribution in [-0.2, 0) is 0 Å². The highest BCUT2D eigenvalue weighted by Crippen LogP contribution is 2.25. The second kappa shape index (κ2) is 2.78. The van der Waals surface area contributed by atoms with E-state index in [1.807, 2.05) is 0 Å². The molecule has 4 heteroatoms. The maximum absolute atomic E-state index is 9.19. The summed E-state index contributed by atoms with van der Waals surface area (Å²) in [5, 5.41) is 10.3. The van der Waals surface area contributed by atoms with Gasteiger partial charge in [0, 0.05) is 17.1 Å². The van der Waals surface area contributed by atoms with Gasteiger partial charge < -0.3 is 10.8 Å². The zero-order valence-corrected chi connectivity index (χ0v) is 7.42. The molecule has 1 aromatic carbocycles. The summed E-state index contributed by atoms with van der Waals surface area (Å²) in [6, 6.07) is 6.39. The van der Waals surface area contributed by atoms with E-state index in [9.17, 15) is 5.11 Å². The Morgan fingerprint density at radius 1 is 1.31 bits per heavy atom. The van der Waals surface area contributed by atoms with Gasteiger partial charge in [0.1, 0.15) is 10.9 Å². The van der Waals surface area contributed by atoms with Crippen molar-refractivity contribution in [3.8, 4) is 5.75 Å². The van der Waals surface area contributed by atoms with E-state index in [0.29, 0.717) is 16.4 Å². The summed E-state index contributed by atoms with van der Waals surface area (Å²) < 4.78 is 0. The van der Waals surface area contributed by atoms with Crippen LogP contribution in [0.15, 0.2) is 24.3 Å². The van der Waals surface area contributed by atoms with Crippen molar-refractivity contribution < 1.29 is 5.11 Å². The summed E-state index contributed by atoms with van der Waals surface area (Å²) in [5.41, 5.74) is 6.87. The zero-order valence-electron chi connectivity index (χ0n) is 6.66. The quantitative estimate of drug-likeness (QED) is 0.632. The number of phenolic OH excluding ortho intramolecular Hbond substituents is 1. The lowest BCUT2D eigenvalue weighted by molar-refractivity contribution is 0.476. The van der Waals surface area contributed by atoms with E-state index in [4.69, 9.17) is 17.3 Å². The number of aromatic nitrogens is 1. The van der Waals surface area contributed by atoms with Crippen LogP contribution in [0.4, 0.5) is 5.69 Å². The van der Waals surface area contributed by atoms with E-state index >= 15 is 0 Å². The SMILES string of the molecule is Nc1cc(Cl)nc2cc(O)ccc12. The van der Waals surface area contributed by atoms with Crippen molar-refractivity contribution in [2.24, 2.45) is 0 Å². The Balaban J connectivity index is 2.86. The average molecular weight is 195 g/mol. The van der Waals surface area contributed by atoms with Gasteiger partial charge in [0.05, 0.1) is 5.52 Å². The van der Waals surface area contributed by atoms with E-state index in [1.54, 1.807) is 18.2 Å². The van der Waals surface area contributed by atoms with Crippen LogP contribution in [0.2, 0.25) is 5.15 Å². The van der Waals surface area contributed by atoms with Crippen molar-refractivity contribution >= 4 is 28.2 Å². The Morgan fingerprint density at radius 3 is 2.85 bits per heavy atom. The normalized spacial score (nSPS) is 10.5. The van der Waals surface area contributed by atoms with Crippen molar-refractivity contribution in [2.45, 2.75) is 0 Å². The molecule has 0 atom stereocenters. The van der Waals surface area contributed by atoms with Crippen LogP contribution in [0.3, 0.4) is 0 Å². The third-order valence-corrected chi connectivity index (χ3v) is 1.99. The highest BCUT2D eigenvalue weighted by atomic mass is 35.5. The summed E-state index contributed by atoms with van der Waals surface area (Å²) in [5.74, 6) is 0.154. The number of halogens is 1. The molecule has 0 fully saturated rings. The molecule has 3 nitrogen and oxygen atoms in total. The molecule has 1 aromatic heterocycles. The summed E-state index contributed by atoms with van der Waals surface area (Å²) in [6.07, 6.45) is 0. The smallest absolute Gasteiger partial charge is 0.131 e. The maximum Gasteiger partial charge on any atom is 0.131 e. The van der Waals surface area contributed by atoms with Gasteiger partial charge in [0.2, 0.25) is 0 Å². The summed E-state index contributed by atoms with van der Waals surface area (Å²) >= 11 is 5.70. The van der Waals surface area contributed by atoms with Crippen LogP contribution in [0, 0.1) is 0 Å². The van der Waals surface area contributed by atoms with Gasteiger partial charge in [-0.25, -0.2) is 4.98 Å². The van der Waals surface area contributed by atoms with Gasteiger partial charge in [-0.15, -0.1) is 0 Å². The van der Waals surface area contributed by atoms with Crippen molar-refractivity contribution in [1.82, 2.24) is 4.98 Å². The zero-order chi connectivity index (χ0) is 9.42. The van der Waals surface area contributed by atoms with Crippen molar-refractivity contribution in [3.05, 3.63) is 29.4 Å². The number of benzene rings is 1. The number of rotatable bonds is 0. The topological polar surface area (TPSA) is 59.1 Å². The molecule has 0 aliphatic carbocycles. The minimum absolute atomic E-state index is 0.154. The Morgan fingerprint density at radius 2 is 2.08 bits per heavy atom. The largest absolute Gasteiger partial charge is 0.508 e. The van der Waals surface area contributed by atoms with E-state index < -0.39 is 0 Å². The summed E-state index contributed by atoms with van der Waals surface area (Å²) in [6.45, 7) is 0. The van der Waals surface area contributed by atoms with Crippen LogP contribution in [0.1, 0.15) is 0 Å². The van der Waals surface area contributed by atoms with Gasteiger partial charge in [-0.3, -0.25) is 0 Å². The molecule has 2 aromatic rings. The third-order valence-electron chi connectivity index (χ3n) is 1.79. The van der Waals surface area contributed by atoms with E-state index in [0.717, 1.165) is 5.39 Å². The lowest BCUT2D eigenvalue weighted by atomic mass is 10.2. The van der Waals surface area contributed by atoms with E-state index in [2.05, 4.69) is 4.98 Å². The van der Waals surface area contributed by atoms with Gasteiger partial charge in [-0.1, -0.05) is 11.6 Å². The summed E-state index contributed by atoms with van der Waals surface area (Å²) in [7, 11) is 0. The fourth-order valence-corrected chi connectivity index (χ4v) is 1.42. The molecule has 0 aliphatic heterocycles. The number of hydrogen-bond donors (Lipinski definition) is 2. The monoisotopic (exact) mass is 194 g/mol. The first-order valence-electron chi connectivity index (χ1n) is 3.71. The van der Waals surface area contributed by atoms with Gasteiger partial charge in [0.25, 0.3) is 0 Å². The molecule has 0 saturated heterocycles. The first-order chi connectivity index (χ1) is 6.16. The number of pyridine rings is 1. The molecule has 1 heterocycles. The Bertz CT molecular complexity index is 465. The fraction of sp³-hybridized carbons (Fsp3) is 0. The first kappa shape index (κ1) is 8.13. The molecule has 0 saturated carbocycles. The Hall–Kier alpha value is -1.48. The molecule has 3 N–H and O–H groups in total. The molecular formula is C9H7ClN2O. The molecule has 2 rings (SSSR count). The molecule has 0 unspecified atom stereocenters. The maximum atomic E-state index is 9.19. The Labute approximate surface area is 79.8 Å². The third kappa shape index (κ3) is 1.38. The average Bonchev–Trinajstić information content (AvgIpc) is 2.02. The standard InChI is InChI=1S/C9H7ClN2O/c10-9-4-7(11)6-2-1-5(13)3-8(6)12-9/h1-4,13H,(H2,11,12). The minimum Gasteiger partial charge on any atom is -0.508 e. The molecule has 0 aliphatic rings. The van der Waals surface area contributed by atoms with Crippen LogP contribution in [0.5, 0.6) is 5.75 Å². The van der Waals surface area contributed by atoms with Gasteiger partial charge in [0.15, 0.2) is 0 Å². The fourth-order valence-electron chi connectivity index (χ4n) is 1.21. The molecule has 0 spiro atoms. The summed E-state index contributed by atoms with van der Waals surface area (Å²) in [4.78, 5) is 4.02. The highest BCUT2D eigenvalue weighted by Gasteiger charge is 2.02. The predicted molar refractivity (Wildman–Crippen MR) is 52.8 cm³/mol.